The van der Waals surface area contributed by atoms with Crippen molar-refractivity contribution >= 4 is 17.2 Å². The summed E-state index contributed by atoms with van der Waals surface area (Å²) < 4.78 is 0. The first-order valence-corrected chi connectivity index (χ1v) is 6.89. The lowest BCUT2D eigenvalue weighted by Crippen LogP contribution is -2.29. The van der Waals surface area contributed by atoms with Gasteiger partial charge in [-0.3, -0.25) is 4.79 Å². The molecule has 0 saturated carbocycles. The second kappa shape index (κ2) is 7.20. The Bertz CT molecular complexity index is 454. The van der Waals surface area contributed by atoms with Crippen LogP contribution in [-0.4, -0.2) is 24.2 Å². The van der Waals surface area contributed by atoms with Crippen molar-refractivity contribution in [3.8, 4) is 11.8 Å². The molecular weight excluding hydrogens is 246 g/mol. The van der Waals surface area contributed by atoms with Crippen LogP contribution in [0.3, 0.4) is 0 Å². The summed E-state index contributed by atoms with van der Waals surface area (Å²) in [6.07, 6.45) is 0. The van der Waals surface area contributed by atoms with Crippen molar-refractivity contribution in [2.24, 2.45) is 11.8 Å². The SMILES string of the molecule is CC(C)C(C)CNC(=O)c1csc(C#CCO)c1. The van der Waals surface area contributed by atoms with Gasteiger partial charge in [-0.2, -0.15) is 0 Å². The average Bonchev–Trinajstić information content (AvgIpc) is 2.81. The van der Waals surface area contributed by atoms with Crippen LogP contribution in [0.1, 0.15) is 36.0 Å². The fourth-order valence-electron chi connectivity index (χ4n) is 1.24. The quantitative estimate of drug-likeness (QED) is 0.819. The smallest absolute Gasteiger partial charge is 0.252 e. The Balaban J connectivity index is 2.54. The van der Waals surface area contributed by atoms with E-state index in [0.717, 1.165) is 4.88 Å². The molecule has 1 rings (SSSR count). The van der Waals surface area contributed by atoms with E-state index in [-0.39, 0.29) is 12.5 Å². The fraction of sp³-hybridized carbons (Fsp3) is 0.500. The summed E-state index contributed by atoms with van der Waals surface area (Å²) in [6, 6.07) is 1.75. The Morgan fingerprint density at radius 3 is 2.83 bits per heavy atom. The van der Waals surface area contributed by atoms with E-state index in [1.807, 2.05) is 0 Å². The summed E-state index contributed by atoms with van der Waals surface area (Å²) in [4.78, 5) is 12.7. The zero-order valence-electron chi connectivity index (χ0n) is 11.0. The molecule has 0 fully saturated rings. The standard InChI is InChI=1S/C14H19NO2S/c1-10(2)11(3)8-15-14(17)12-7-13(18-9-12)5-4-6-16/h7,9-11,16H,6,8H2,1-3H3,(H,15,17). The van der Waals surface area contributed by atoms with Crippen molar-refractivity contribution in [3.63, 3.8) is 0 Å². The molecule has 1 aromatic rings. The number of hydrogen-bond donors (Lipinski definition) is 2. The topological polar surface area (TPSA) is 49.3 Å². The third-order valence-corrected chi connectivity index (χ3v) is 3.72. The first-order chi connectivity index (χ1) is 8.54. The predicted molar refractivity (Wildman–Crippen MR) is 74.6 cm³/mol. The molecule has 3 nitrogen and oxygen atoms in total. The fourth-order valence-corrected chi connectivity index (χ4v) is 1.99. The minimum atomic E-state index is -0.161. The number of rotatable bonds is 4. The van der Waals surface area contributed by atoms with E-state index in [2.05, 4.69) is 37.9 Å². The van der Waals surface area contributed by atoms with Gasteiger partial charge in [0, 0.05) is 11.9 Å². The van der Waals surface area contributed by atoms with Gasteiger partial charge >= 0.3 is 0 Å². The predicted octanol–water partition coefficient (Wildman–Crippen LogP) is 2.11. The zero-order chi connectivity index (χ0) is 13.5. The van der Waals surface area contributed by atoms with Crippen LogP contribution in [0.5, 0.6) is 0 Å². The summed E-state index contributed by atoms with van der Waals surface area (Å²) in [5.74, 6) is 6.31. The first-order valence-electron chi connectivity index (χ1n) is 6.01. The lowest BCUT2D eigenvalue weighted by atomic mass is 9.98. The molecule has 1 aromatic heterocycles. The Labute approximate surface area is 112 Å². The molecule has 4 heteroatoms. The van der Waals surface area contributed by atoms with Gasteiger partial charge in [-0.05, 0) is 17.9 Å². The normalized spacial score (nSPS) is 11.8. The van der Waals surface area contributed by atoms with Gasteiger partial charge in [0.25, 0.3) is 5.91 Å². The van der Waals surface area contributed by atoms with Gasteiger partial charge in [0.2, 0.25) is 0 Å². The zero-order valence-corrected chi connectivity index (χ0v) is 11.8. The molecule has 0 aromatic carbocycles. The van der Waals surface area contributed by atoms with E-state index >= 15 is 0 Å². The Kier molecular flexibility index (Phi) is 5.90. The summed E-state index contributed by atoms with van der Waals surface area (Å²) in [6.45, 7) is 6.93. The summed E-state index contributed by atoms with van der Waals surface area (Å²) >= 11 is 1.41. The van der Waals surface area contributed by atoms with Crippen LogP contribution < -0.4 is 5.32 Å². The van der Waals surface area contributed by atoms with E-state index in [1.54, 1.807) is 11.4 Å². The van der Waals surface area contributed by atoms with Crippen LogP contribution in [-0.2, 0) is 0 Å². The molecule has 0 radical (unpaired) electrons. The number of carbonyl (C=O) groups is 1. The van der Waals surface area contributed by atoms with Crippen molar-refractivity contribution in [2.45, 2.75) is 20.8 Å². The van der Waals surface area contributed by atoms with E-state index in [1.165, 1.54) is 11.3 Å². The molecular formula is C14H19NO2S. The van der Waals surface area contributed by atoms with Gasteiger partial charge in [-0.15, -0.1) is 11.3 Å². The monoisotopic (exact) mass is 265 g/mol. The minimum absolute atomic E-state index is 0.0594. The number of aliphatic hydroxyl groups is 1. The van der Waals surface area contributed by atoms with Crippen molar-refractivity contribution in [2.75, 3.05) is 13.2 Å². The Morgan fingerprint density at radius 1 is 1.50 bits per heavy atom. The van der Waals surface area contributed by atoms with Crippen LogP contribution in [0.15, 0.2) is 11.4 Å². The molecule has 0 aliphatic rings. The molecule has 1 atom stereocenters. The maximum Gasteiger partial charge on any atom is 0.252 e. The molecule has 0 aliphatic carbocycles. The van der Waals surface area contributed by atoms with Gasteiger partial charge in [0.05, 0.1) is 10.4 Å². The highest BCUT2D eigenvalue weighted by atomic mass is 32.1. The van der Waals surface area contributed by atoms with Crippen molar-refractivity contribution in [3.05, 3.63) is 21.9 Å². The third-order valence-electron chi connectivity index (χ3n) is 2.87. The highest BCUT2D eigenvalue weighted by Crippen LogP contribution is 2.14. The number of hydrogen-bond acceptors (Lipinski definition) is 3. The molecule has 18 heavy (non-hydrogen) atoms. The third kappa shape index (κ3) is 4.52. The number of carbonyl (C=O) groups excluding carboxylic acids is 1. The van der Waals surface area contributed by atoms with Crippen LogP contribution in [0.2, 0.25) is 0 Å². The average molecular weight is 265 g/mol. The molecule has 0 aliphatic heterocycles. The minimum Gasteiger partial charge on any atom is -0.384 e. The van der Waals surface area contributed by atoms with Gasteiger partial charge in [0.15, 0.2) is 0 Å². The van der Waals surface area contributed by atoms with E-state index in [0.29, 0.717) is 23.9 Å². The van der Waals surface area contributed by atoms with Gasteiger partial charge in [-0.1, -0.05) is 32.6 Å². The maximum absolute atomic E-state index is 11.9. The number of nitrogens with one attached hydrogen (secondary N) is 1. The number of thiophene rings is 1. The molecule has 0 saturated heterocycles. The van der Waals surface area contributed by atoms with Crippen LogP contribution in [0.4, 0.5) is 0 Å². The lowest BCUT2D eigenvalue weighted by Gasteiger charge is -2.15. The van der Waals surface area contributed by atoms with E-state index in [4.69, 9.17) is 5.11 Å². The number of amides is 1. The second-order valence-corrected chi connectivity index (χ2v) is 5.50. The van der Waals surface area contributed by atoms with E-state index < -0.39 is 0 Å². The van der Waals surface area contributed by atoms with Crippen molar-refractivity contribution < 1.29 is 9.90 Å². The highest BCUT2D eigenvalue weighted by Gasteiger charge is 2.11. The van der Waals surface area contributed by atoms with Gasteiger partial charge in [-0.25, -0.2) is 0 Å². The molecule has 1 unspecified atom stereocenters. The van der Waals surface area contributed by atoms with Crippen LogP contribution in [0, 0.1) is 23.7 Å². The Hall–Kier alpha value is -1.31. The van der Waals surface area contributed by atoms with Crippen LogP contribution >= 0.6 is 11.3 Å². The molecule has 98 valence electrons. The molecule has 0 bridgehead atoms. The lowest BCUT2D eigenvalue weighted by molar-refractivity contribution is 0.0945. The maximum atomic E-state index is 11.9. The summed E-state index contributed by atoms with van der Waals surface area (Å²) in [7, 11) is 0. The molecule has 2 N–H and O–H groups in total. The highest BCUT2D eigenvalue weighted by molar-refractivity contribution is 7.10. The molecule has 0 spiro atoms. The summed E-state index contributed by atoms with van der Waals surface area (Å²) in [5, 5.41) is 13.3. The van der Waals surface area contributed by atoms with Crippen LogP contribution in [0.25, 0.3) is 0 Å². The van der Waals surface area contributed by atoms with E-state index in [9.17, 15) is 4.79 Å². The molecule has 1 amide bonds. The summed E-state index contributed by atoms with van der Waals surface area (Å²) in [5.41, 5.74) is 0.637. The van der Waals surface area contributed by atoms with Crippen molar-refractivity contribution in [1.29, 1.82) is 0 Å². The van der Waals surface area contributed by atoms with Gasteiger partial charge in [0.1, 0.15) is 6.61 Å². The second-order valence-electron chi connectivity index (χ2n) is 4.59. The largest absolute Gasteiger partial charge is 0.384 e. The first kappa shape index (κ1) is 14.7. The number of aliphatic hydroxyl groups excluding tert-OH is 1. The Morgan fingerprint density at radius 2 is 2.22 bits per heavy atom. The molecule has 1 heterocycles. The van der Waals surface area contributed by atoms with Crippen molar-refractivity contribution in [1.82, 2.24) is 5.32 Å². The van der Waals surface area contributed by atoms with Gasteiger partial charge < -0.3 is 10.4 Å².